The predicted molar refractivity (Wildman–Crippen MR) is 99.9 cm³/mol. The number of ether oxygens (including phenoxy) is 1. The normalized spacial score (nSPS) is 10.3. The van der Waals surface area contributed by atoms with Crippen molar-refractivity contribution in [3.63, 3.8) is 0 Å². The van der Waals surface area contributed by atoms with Crippen molar-refractivity contribution >= 4 is 17.6 Å². The van der Waals surface area contributed by atoms with E-state index in [1.165, 1.54) is 4.90 Å². The smallest absolute Gasteiger partial charge is 0.323 e. The van der Waals surface area contributed by atoms with Crippen molar-refractivity contribution in [3.05, 3.63) is 65.7 Å². The summed E-state index contributed by atoms with van der Waals surface area (Å²) in [7, 11) is 0. The predicted octanol–water partition coefficient (Wildman–Crippen LogP) is 2.43. The van der Waals surface area contributed by atoms with Crippen LogP contribution in [0, 0.1) is 0 Å². The standard InChI is InChI=1S/C20H24N2O4/c1-2-26-15-17-10-8-16(9-11-17)12-21-19(23)13-22(14-20(24)25)18-6-4-3-5-7-18/h3-11H,2,12-15H2,1H3,(H,21,23)(H,24,25). The molecule has 0 fully saturated rings. The Bertz CT molecular complexity index is 702. The second kappa shape index (κ2) is 10.2. The van der Waals surface area contributed by atoms with Gasteiger partial charge in [-0.15, -0.1) is 0 Å². The van der Waals surface area contributed by atoms with Crippen LogP contribution in [-0.4, -0.2) is 36.7 Å². The molecule has 138 valence electrons. The van der Waals surface area contributed by atoms with Gasteiger partial charge < -0.3 is 20.1 Å². The number of carboxylic acids is 1. The molecule has 0 saturated heterocycles. The molecule has 0 radical (unpaired) electrons. The van der Waals surface area contributed by atoms with Crippen LogP contribution in [0.25, 0.3) is 0 Å². The minimum atomic E-state index is -0.980. The zero-order chi connectivity index (χ0) is 18.8. The molecular formula is C20H24N2O4. The number of benzene rings is 2. The molecule has 0 saturated carbocycles. The van der Waals surface area contributed by atoms with Crippen LogP contribution in [0.2, 0.25) is 0 Å². The van der Waals surface area contributed by atoms with E-state index in [0.717, 1.165) is 11.1 Å². The second-order valence-corrected chi connectivity index (χ2v) is 5.82. The van der Waals surface area contributed by atoms with E-state index < -0.39 is 5.97 Å². The molecule has 1 amide bonds. The fourth-order valence-corrected chi connectivity index (χ4v) is 2.44. The maximum Gasteiger partial charge on any atom is 0.323 e. The SMILES string of the molecule is CCOCc1ccc(CNC(=O)CN(CC(=O)O)c2ccccc2)cc1. The molecule has 2 rings (SSSR count). The summed E-state index contributed by atoms with van der Waals surface area (Å²) in [5, 5.41) is 11.9. The van der Waals surface area contributed by atoms with Gasteiger partial charge in [-0.05, 0) is 30.2 Å². The van der Waals surface area contributed by atoms with Gasteiger partial charge in [-0.25, -0.2) is 0 Å². The number of carbonyl (C=O) groups excluding carboxylic acids is 1. The average Bonchev–Trinajstić information content (AvgIpc) is 2.65. The molecule has 0 bridgehead atoms. The molecule has 2 aromatic rings. The van der Waals surface area contributed by atoms with Crippen molar-refractivity contribution < 1.29 is 19.4 Å². The van der Waals surface area contributed by atoms with E-state index in [1.54, 1.807) is 12.1 Å². The van der Waals surface area contributed by atoms with Gasteiger partial charge >= 0.3 is 5.97 Å². The van der Waals surface area contributed by atoms with Gasteiger partial charge in [-0.3, -0.25) is 9.59 Å². The molecule has 0 aromatic heterocycles. The first-order valence-electron chi connectivity index (χ1n) is 8.52. The lowest BCUT2D eigenvalue weighted by atomic mass is 10.1. The summed E-state index contributed by atoms with van der Waals surface area (Å²) in [5.74, 6) is -1.21. The van der Waals surface area contributed by atoms with E-state index in [9.17, 15) is 9.59 Å². The molecular weight excluding hydrogens is 332 g/mol. The third kappa shape index (κ3) is 6.57. The van der Waals surface area contributed by atoms with Crippen LogP contribution in [0.4, 0.5) is 5.69 Å². The van der Waals surface area contributed by atoms with E-state index in [4.69, 9.17) is 9.84 Å². The van der Waals surface area contributed by atoms with Crippen LogP contribution in [0.1, 0.15) is 18.1 Å². The van der Waals surface area contributed by atoms with Gasteiger partial charge in [-0.2, -0.15) is 0 Å². The fraction of sp³-hybridized carbons (Fsp3) is 0.300. The molecule has 2 N–H and O–H groups in total. The van der Waals surface area contributed by atoms with Gasteiger partial charge in [0.1, 0.15) is 6.54 Å². The fourth-order valence-electron chi connectivity index (χ4n) is 2.44. The van der Waals surface area contributed by atoms with Gasteiger partial charge in [0.05, 0.1) is 13.2 Å². The van der Waals surface area contributed by atoms with Crippen molar-refractivity contribution in [2.75, 3.05) is 24.6 Å². The summed E-state index contributed by atoms with van der Waals surface area (Å²) in [6, 6.07) is 16.9. The average molecular weight is 356 g/mol. The van der Waals surface area contributed by atoms with E-state index in [0.29, 0.717) is 25.4 Å². The number of anilines is 1. The molecule has 2 aromatic carbocycles. The zero-order valence-electron chi connectivity index (χ0n) is 14.9. The summed E-state index contributed by atoms with van der Waals surface area (Å²) in [6.45, 7) is 3.34. The number of hydrogen-bond acceptors (Lipinski definition) is 4. The summed E-state index contributed by atoms with van der Waals surface area (Å²) in [4.78, 5) is 24.8. The zero-order valence-corrected chi connectivity index (χ0v) is 14.9. The molecule has 6 heteroatoms. The summed E-state index contributed by atoms with van der Waals surface area (Å²) in [5.41, 5.74) is 2.76. The second-order valence-electron chi connectivity index (χ2n) is 5.82. The molecule has 0 spiro atoms. The lowest BCUT2D eigenvalue weighted by Gasteiger charge is -2.22. The Labute approximate surface area is 153 Å². The lowest BCUT2D eigenvalue weighted by Crippen LogP contribution is -2.39. The van der Waals surface area contributed by atoms with Crippen LogP contribution >= 0.6 is 0 Å². The van der Waals surface area contributed by atoms with E-state index in [1.807, 2.05) is 49.4 Å². The van der Waals surface area contributed by atoms with Gasteiger partial charge in [0.25, 0.3) is 0 Å². The number of nitrogens with zero attached hydrogens (tertiary/aromatic N) is 1. The maximum atomic E-state index is 12.2. The highest BCUT2D eigenvalue weighted by atomic mass is 16.5. The highest BCUT2D eigenvalue weighted by Gasteiger charge is 2.14. The van der Waals surface area contributed by atoms with Crippen LogP contribution in [0.15, 0.2) is 54.6 Å². The van der Waals surface area contributed by atoms with Gasteiger partial charge in [-0.1, -0.05) is 42.5 Å². The Kier molecular flexibility index (Phi) is 7.64. The van der Waals surface area contributed by atoms with Crippen LogP contribution < -0.4 is 10.2 Å². The first-order valence-corrected chi connectivity index (χ1v) is 8.52. The van der Waals surface area contributed by atoms with Gasteiger partial charge in [0.15, 0.2) is 0 Å². The molecule has 0 atom stereocenters. The Morgan fingerprint density at radius 1 is 1.00 bits per heavy atom. The van der Waals surface area contributed by atoms with Crippen molar-refractivity contribution in [2.24, 2.45) is 0 Å². The largest absolute Gasteiger partial charge is 0.480 e. The molecule has 26 heavy (non-hydrogen) atoms. The topological polar surface area (TPSA) is 78.9 Å². The van der Waals surface area contributed by atoms with E-state index >= 15 is 0 Å². The summed E-state index contributed by atoms with van der Waals surface area (Å²) < 4.78 is 5.35. The van der Waals surface area contributed by atoms with Crippen molar-refractivity contribution in [2.45, 2.75) is 20.1 Å². The summed E-state index contributed by atoms with van der Waals surface area (Å²) >= 11 is 0. The Morgan fingerprint density at radius 3 is 2.27 bits per heavy atom. The first-order chi connectivity index (χ1) is 12.6. The number of nitrogens with one attached hydrogen (secondary N) is 1. The first kappa shape index (κ1) is 19.5. The third-order valence-corrected chi connectivity index (χ3v) is 3.77. The number of carbonyl (C=O) groups is 2. The summed E-state index contributed by atoms with van der Waals surface area (Å²) in [6.07, 6.45) is 0. The van der Waals surface area contributed by atoms with Crippen molar-refractivity contribution in [3.8, 4) is 0 Å². The molecule has 0 aliphatic heterocycles. The van der Waals surface area contributed by atoms with Crippen molar-refractivity contribution in [1.29, 1.82) is 0 Å². The number of rotatable bonds is 10. The lowest BCUT2D eigenvalue weighted by molar-refractivity contribution is -0.135. The van der Waals surface area contributed by atoms with Crippen LogP contribution in [0.3, 0.4) is 0 Å². The molecule has 0 unspecified atom stereocenters. The van der Waals surface area contributed by atoms with Crippen LogP contribution in [0.5, 0.6) is 0 Å². The van der Waals surface area contributed by atoms with Crippen LogP contribution in [-0.2, 0) is 27.5 Å². The molecule has 6 nitrogen and oxygen atoms in total. The minimum Gasteiger partial charge on any atom is -0.480 e. The number of aliphatic carboxylic acids is 1. The highest BCUT2D eigenvalue weighted by molar-refractivity contribution is 5.84. The molecule has 0 heterocycles. The van der Waals surface area contributed by atoms with E-state index in [2.05, 4.69) is 5.32 Å². The molecule has 0 aliphatic rings. The Morgan fingerprint density at radius 2 is 1.65 bits per heavy atom. The maximum absolute atomic E-state index is 12.2. The minimum absolute atomic E-state index is 0.0151. The number of carboxylic acid groups (broad SMARTS) is 1. The number of hydrogen-bond donors (Lipinski definition) is 2. The Balaban J connectivity index is 1.88. The Hall–Kier alpha value is -2.86. The number of para-hydroxylation sites is 1. The monoisotopic (exact) mass is 356 g/mol. The van der Waals surface area contributed by atoms with Gasteiger partial charge in [0.2, 0.25) is 5.91 Å². The quantitative estimate of drug-likeness (QED) is 0.684. The van der Waals surface area contributed by atoms with Crippen molar-refractivity contribution in [1.82, 2.24) is 5.32 Å². The highest BCUT2D eigenvalue weighted by Crippen LogP contribution is 2.12. The van der Waals surface area contributed by atoms with E-state index in [-0.39, 0.29) is 19.0 Å². The third-order valence-electron chi connectivity index (χ3n) is 3.77. The molecule has 0 aliphatic carbocycles. The number of amides is 1. The van der Waals surface area contributed by atoms with Gasteiger partial charge in [0, 0.05) is 18.8 Å².